The van der Waals surface area contributed by atoms with Gasteiger partial charge in [-0.05, 0) is 24.3 Å². The van der Waals surface area contributed by atoms with Crippen molar-refractivity contribution < 1.29 is 18.8 Å². The molecule has 1 aromatic heterocycles. The number of aromatic nitrogens is 2. The van der Waals surface area contributed by atoms with Crippen LogP contribution in [0.4, 0.5) is 14.9 Å². The van der Waals surface area contributed by atoms with Gasteiger partial charge in [-0.2, -0.15) is 5.10 Å². The van der Waals surface area contributed by atoms with Crippen molar-refractivity contribution in [1.29, 1.82) is 0 Å². The number of carbonyl (C=O) groups excluding carboxylic acids is 3. The molecule has 3 amide bonds. The van der Waals surface area contributed by atoms with Crippen molar-refractivity contribution in [3.05, 3.63) is 54.5 Å². The molecule has 0 atom stereocenters. The van der Waals surface area contributed by atoms with E-state index in [0.29, 0.717) is 42.9 Å². The van der Waals surface area contributed by atoms with Crippen LogP contribution in [0.25, 0.3) is 16.6 Å². The Bertz CT molecular complexity index is 1210. The first kappa shape index (κ1) is 19.2. The molecule has 2 aliphatic heterocycles. The minimum Gasteiger partial charge on any atom is -0.333 e. The quantitative estimate of drug-likeness (QED) is 0.647. The molecule has 8 nitrogen and oxygen atoms in total. The SMILES string of the molecule is O=C1CCN(C(=O)CN2CCN(c3cccc4c3cnn4-c3ccccc3F)C2=O)C1. The molecular formula is C22H20FN5O3. The number of urea groups is 1. The number of Topliss-reactive ketones (excluding diaryl/α,β-unsaturated/α-hetero) is 1. The lowest BCUT2D eigenvalue weighted by molar-refractivity contribution is -0.132. The minimum absolute atomic E-state index is 0.0428. The van der Waals surface area contributed by atoms with Crippen molar-refractivity contribution in [3.63, 3.8) is 0 Å². The zero-order chi connectivity index (χ0) is 21.5. The average Bonchev–Trinajstić information content (AvgIpc) is 3.48. The van der Waals surface area contributed by atoms with E-state index in [0.717, 1.165) is 5.39 Å². The van der Waals surface area contributed by atoms with E-state index in [1.165, 1.54) is 20.5 Å². The van der Waals surface area contributed by atoms with Crippen LogP contribution in [0.2, 0.25) is 0 Å². The van der Waals surface area contributed by atoms with E-state index in [2.05, 4.69) is 5.10 Å². The molecular weight excluding hydrogens is 401 g/mol. The molecule has 2 aromatic carbocycles. The summed E-state index contributed by atoms with van der Waals surface area (Å²) in [6.45, 7) is 1.32. The zero-order valence-electron chi connectivity index (χ0n) is 16.7. The molecule has 0 saturated carbocycles. The number of amides is 3. The maximum absolute atomic E-state index is 14.3. The number of fused-ring (bicyclic) bond motifs is 1. The summed E-state index contributed by atoms with van der Waals surface area (Å²) >= 11 is 0. The molecule has 3 aromatic rings. The molecule has 0 spiro atoms. The van der Waals surface area contributed by atoms with Crippen LogP contribution < -0.4 is 4.90 Å². The van der Waals surface area contributed by atoms with Crippen LogP contribution in [-0.2, 0) is 9.59 Å². The topological polar surface area (TPSA) is 78.8 Å². The predicted octanol–water partition coefficient (Wildman–Crippen LogP) is 2.21. The summed E-state index contributed by atoms with van der Waals surface area (Å²) in [5.41, 5.74) is 1.67. The van der Waals surface area contributed by atoms with Gasteiger partial charge < -0.3 is 9.80 Å². The van der Waals surface area contributed by atoms with Gasteiger partial charge in [0.15, 0.2) is 5.78 Å². The van der Waals surface area contributed by atoms with Gasteiger partial charge in [0, 0.05) is 31.4 Å². The number of anilines is 1. The lowest BCUT2D eigenvalue weighted by Gasteiger charge is -2.21. The Morgan fingerprint density at radius 1 is 1.00 bits per heavy atom. The molecule has 2 saturated heterocycles. The van der Waals surface area contributed by atoms with Crippen LogP contribution in [0.15, 0.2) is 48.7 Å². The van der Waals surface area contributed by atoms with Crippen molar-refractivity contribution in [2.45, 2.75) is 6.42 Å². The molecule has 158 valence electrons. The molecule has 0 N–H and O–H groups in total. The van der Waals surface area contributed by atoms with Gasteiger partial charge in [0.2, 0.25) is 5.91 Å². The number of halogens is 1. The molecule has 2 aliphatic rings. The number of rotatable bonds is 4. The van der Waals surface area contributed by atoms with Crippen molar-refractivity contribution in [3.8, 4) is 5.69 Å². The molecule has 0 bridgehead atoms. The first-order chi connectivity index (χ1) is 15.0. The summed E-state index contributed by atoms with van der Waals surface area (Å²) in [5, 5.41) is 5.06. The Morgan fingerprint density at radius 3 is 2.58 bits per heavy atom. The summed E-state index contributed by atoms with van der Waals surface area (Å²) < 4.78 is 15.8. The number of nitrogens with zero attached hydrogens (tertiary/aromatic N) is 5. The molecule has 5 rings (SSSR count). The number of likely N-dealkylation sites (tertiary alicyclic amines) is 1. The van der Waals surface area contributed by atoms with Gasteiger partial charge in [-0.15, -0.1) is 0 Å². The van der Waals surface area contributed by atoms with Crippen molar-refractivity contribution in [2.75, 3.05) is 37.6 Å². The van der Waals surface area contributed by atoms with Crippen LogP contribution in [0.1, 0.15) is 6.42 Å². The summed E-state index contributed by atoms with van der Waals surface area (Å²) in [4.78, 5) is 41.5. The molecule has 31 heavy (non-hydrogen) atoms. The van der Waals surface area contributed by atoms with E-state index >= 15 is 0 Å². The van der Waals surface area contributed by atoms with Gasteiger partial charge in [-0.3, -0.25) is 14.5 Å². The molecule has 0 aliphatic carbocycles. The fourth-order valence-corrected chi connectivity index (χ4v) is 4.15. The fraction of sp³-hybridized carbons (Fsp3) is 0.273. The number of ketones is 1. The van der Waals surface area contributed by atoms with Crippen LogP contribution in [-0.4, -0.2) is 70.0 Å². The Balaban J connectivity index is 1.40. The van der Waals surface area contributed by atoms with E-state index < -0.39 is 0 Å². The van der Waals surface area contributed by atoms with Crippen LogP contribution in [0, 0.1) is 5.82 Å². The number of hydrogen-bond acceptors (Lipinski definition) is 4. The normalized spacial score (nSPS) is 16.7. The van der Waals surface area contributed by atoms with Crippen LogP contribution >= 0.6 is 0 Å². The second-order valence-electron chi connectivity index (χ2n) is 7.68. The Kier molecular flexibility index (Phi) is 4.65. The second kappa shape index (κ2) is 7.50. The predicted molar refractivity (Wildman–Crippen MR) is 112 cm³/mol. The van der Waals surface area contributed by atoms with E-state index in [4.69, 9.17) is 0 Å². The molecule has 0 radical (unpaired) electrons. The lowest BCUT2D eigenvalue weighted by Crippen LogP contribution is -2.41. The molecule has 3 heterocycles. The summed E-state index contributed by atoms with van der Waals surface area (Å²) in [6, 6.07) is 11.5. The summed E-state index contributed by atoms with van der Waals surface area (Å²) in [6.07, 6.45) is 1.99. The van der Waals surface area contributed by atoms with Crippen LogP contribution in [0.5, 0.6) is 0 Å². The van der Waals surface area contributed by atoms with E-state index in [9.17, 15) is 18.8 Å². The monoisotopic (exact) mass is 421 g/mol. The minimum atomic E-state index is -0.389. The average molecular weight is 421 g/mol. The van der Waals surface area contributed by atoms with Gasteiger partial charge in [0.05, 0.1) is 23.9 Å². The van der Waals surface area contributed by atoms with E-state index in [-0.39, 0.29) is 36.6 Å². The zero-order valence-corrected chi connectivity index (χ0v) is 16.7. The molecule has 0 unspecified atom stereocenters. The highest BCUT2D eigenvalue weighted by molar-refractivity contribution is 6.04. The van der Waals surface area contributed by atoms with Crippen molar-refractivity contribution >= 4 is 34.3 Å². The van der Waals surface area contributed by atoms with Crippen molar-refractivity contribution in [2.24, 2.45) is 0 Å². The smallest absolute Gasteiger partial charge is 0.325 e. The van der Waals surface area contributed by atoms with Crippen molar-refractivity contribution in [1.82, 2.24) is 19.6 Å². The van der Waals surface area contributed by atoms with Gasteiger partial charge in [0.1, 0.15) is 18.0 Å². The standard InChI is InChI=1S/C22H20FN5O3/c23-17-4-1-2-5-20(17)28-19-7-3-6-18(16(19)12-24-28)27-11-10-26(22(27)31)14-21(30)25-9-8-15(29)13-25/h1-7,12H,8-11,13-14H2. The second-order valence-corrected chi connectivity index (χ2v) is 7.68. The van der Waals surface area contributed by atoms with E-state index in [1.54, 1.807) is 35.4 Å². The summed E-state index contributed by atoms with van der Waals surface area (Å²) in [7, 11) is 0. The highest BCUT2D eigenvalue weighted by atomic mass is 19.1. The lowest BCUT2D eigenvalue weighted by atomic mass is 10.2. The Labute approximate surface area is 177 Å². The fourth-order valence-electron chi connectivity index (χ4n) is 4.15. The Hall–Kier alpha value is -3.75. The molecule has 9 heteroatoms. The van der Waals surface area contributed by atoms with E-state index in [1.807, 2.05) is 12.1 Å². The first-order valence-electron chi connectivity index (χ1n) is 10.1. The third kappa shape index (κ3) is 3.31. The number of para-hydroxylation sites is 1. The first-order valence-corrected chi connectivity index (χ1v) is 10.1. The highest BCUT2D eigenvalue weighted by Gasteiger charge is 2.34. The third-order valence-corrected chi connectivity index (χ3v) is 5.76. The number of benzene rings is 2. The third-order valence-electron chi connectivity index (χ3n) is 5.76. The van der Waals surface area contributed by atoms with Gasteiger partial charge in [-0.25, -0.2) is 13.9 Å². The number of carbonyl (C=O) groups is 3. The summed E-state index contributed by atoms with van der Waals surface area (Å²) in [5.74, 6) is -0.562. The maximum Gasteiger partial charge on any atom is 0.325 e. The van der Waals surface area contributed by atoms with Gasteiger partial charge >= 0.3 is 6.03 Å². The maximum atomic E-state index is 14.3. The van der Waals surface area contributed by atoms with Crippen LogP contribution in [0.3, 0.4) is 0 Å². The van der Waals surface area contributed by atoms with Gasteiger partial charge in [0.25, 0.3) is 0 Å². The molecule has 2 fully saturated rings. The Morgan fingerprint density at radius 2 is 1.81 bits per heavy atom. The largest absolute Gasteiger partial charge is 0.333 e. The van der Waals surface area contributed by atoms with Gasteiger partial charge in [-0.1, -0.05) is 18.2 Å². The number of hydrogen-bond donors (Lipinski definition) is 0. The highest BCUT2D eigenvalue weighted by Crippen LogP contribution is 2.31.